The molecule has 5 rings (SSSR count). The van der Waals surface area contributed by atoms with Crippen LogP contribution in [0.5, 0.6) is 5.75 Å². The molecule has 2 heterocycles. The quantitative estimate of drug-likeness (QED) is 0.248. The third kappa shape index (κ3) is 4.37. The lowest BCUT2D eigenvalue weighted by Gasteiger charge is -2.09. The summed E-state index contributed by atoms with van der Waals surface area (Å²) in [5.74, 6) is 0.873. The molecule has 0 saturated carbocycles. The van der Waals surface area contributed by atoms with Crippen molar-refractivity contribution in [1.29, 1.82) is 0 Å². The molecule has 0 saturated heterocycles. The van der Waals surface area contributed by atoms with Gasteiger partial charge in [-0.25, -0.2) is 4.99 Å². The molecule has 160 valence electrons. The first-order valence-corrected chi connectivity index (χ1v) is 12.4. The minimum atomic E-state index is 0.792. The van der Waals surface area contributed by atoms with Crippen molar-refractivity contribution < 1.29 is 4.74 Å². The lowest BCUT2D eigenvalue weighted by molar-refractivity contribution is 0.414. The molecule has 0 N–H and O–H groups in total. The second kappa shape index (κ2) is 9.33. The highest BCUT2D eigenvalue weighted by atomic mass is 35.5. The van der Waals surface area contributed by atoms with Gasteiger partial charge in [0.1, 0.15) is 5.75 Å². The predicted octanol–water partition coefficient (Wildman–Crippen LogP) is 7.57. The number of methoxy groups -OCH3 is 1. The Kier molecular flexibility index (Phi) is 6.12. The van der Waals surface area contributed by atoms with E-state index in [1.54, 1.807) is 29.8 Å². The maximum absolute atomic E-state index is 6.24. The van der Waals surface area contributed by atoms with Crippen LogP contribution in [0.3, 0.4) is 0 Å². The van der Waals surface area contributed by atoms with Crippen LogP contribution in [0.25, 0.3) is 21.3 Å². The van der Waals surface area contributed by atoms with Gasteiger partial charge < -0.3 is 9.30 Å². The molecule has 3 nitrogen and oxygen atoms in total. The van der Waals surface area contributed by atoms with E-state index in [1.807, 2.05) is 18.2 Å². The summed E-state index contributed by atoms with van der Waals surface area (Å²) in [5.41, 5.74) is 3.40. The number of ether oxygens (including phenoxy) is 1. The maximum atomic E-state index is 6.24. The molecular formula is C26H21ClN2OS2. The lowest BCUT2D eigenvalue weighted by Crippen LogP contribution is -2.17. The van der Waals surface area contributed by atoms with Gasteiger partial charge in [0.15, 0.2) is 4.80 Å². The summed E-state index contributed by atoms with van der Waals surface area (Å²) in [7, 11) is 1.69. The second-order valence-electron chi connectivity index (χ2n) is 7.37. The van der Waals surface area contributed by atoms with Crippen LogP contribution in [0.4, 0.5) is 5.69 Å². The van der Waals surface area contributed by atoms with E-state index in [0.29, 0.717) is 0 Å². The van der Waals surface area contributed by atoms with Gasteiger partial charge in [-0.2, -0.15) is 0 Å². The van der Waals surface area contributed by atoms with Gasteiger partial charge in [0.25, 0.3) is 0 Å². The van der Waals surface area contributed by atoms with Gasteiger partial charge in [-0.1, -0.05) is 60.1 Å². The van der Waals surface area contributed by atoms with Crippen molar-refractivity contribution in [2.24, 2.45) is 4.99 Å². The molecule has 0 radical (unpaired) electrons. The van der Waals surface area contributed by atoms with Crippen molar-refractivity contribution in [3.05, 3.63) is 98.9 Å². The molecular weight excluding hydrogens is 456 g/mol. The number of rotatable bonds is 6. The zero-order valence-corrected chi connectivity index (χ0v) is 19.9. The summed E-state index contributed by atoms with van der Waals surface area (Å²) in [5, 5.41) is 4.53. The van der Waals surface area contributed by atoms with E-state index in [1.165, 1.54) is 10.9 Å². The van der Waals surface area contributed by atoms with Crippen molar-refractivity contribution >= 4 is 50.7 Å². The van der Waals surface area contributed by atoms with Crippen LogP contribution in [0.15, 0.2) is 89.2 Å². The molecule has 3 aromatic carbocycles. The average molecular weight is 477 g/mol. The minimum absolute atomic E-state index is 0.792. The van der Waals surface area contributed by atoms with Crippen LogP contribution in [0.2, 0.25) is 4.34 Å². The van der Waals surface area contributed by atoms with Crippen LogP contribution < -0.4 is 9.54 Å². The monoisotopic (exact) mass is 476 g/mol. The number of thiazole rings is 1. The molecule has 0 aliphatic heterocycles. The van der Waals surface area contributed by atoms with Crippen molar-refractivity contribution in [2.75, 3.05) is 7.11 Å². The van der Waals surface area contributed by atoms with Crippen molar-refractivity contribution in [2.45, 2.75) is 13.0 Å². The summed E-state index contributed by atoms with van der Waals surface area (Å²) in [4.78, 5) is 7.23. The predicted molar refractivity (Wildman–Crippen MR) is 137 cm³/mol. The fourth-order valence-corrected chi connectivity index (χ4v) is 5.81. The lowest BCUT2D eigenvalue weighted by atomic mass is 10.1. The van der Waals surface area contributed by atoms with E-state index in [9.17, 15) is 0 Å². The zero-order chi connectivity index (χ0) is 21.9. The normalized spacial score (nSPS) is 11.9. The molecule has 0 fully saturated rings. The summed E-state index contributed by atoms with van der Waals surface area (Å²) >= 11 is 9.51. The van der Waals surface area contributed by atoms with E-state index in [2.05, 4.69) is 70.6 Å². The Morgan fingerprint density at radius 2 is 1.75 bits per heavy atom. The van der Waals surface area contributed by atoms with Gasteiger partial charge in [0, 0.05) is 17.3 Å². The second-order valence-corrected chi connectivity index (χ2v) is 9.92. The number of halogens is 1. The highest BCUT2D eigenvalue weighted by molar-refractivity contribution is 7.19. The number of hydrogen-bond acceptors (Lipinski definition) is 4. The smallest absolute Gasteiger partial charge is 0.190 e. The fourth-order valence-electron chi connectivity index (χ4n) is 3.73. The Bertz CT molecular complexity index is 1430. The zero-order valence-electron chi connectivity index (χ0n) is 17.5. The van der Waals surface area contributed by atoms with Gasteiger partial charge in [0.05, 0.1) is 27.7 Å². The number of aromatic nitrogens is 1. The van der Waals surface area contributed by atoms with Crippen LogP contribution >= 0.6 is 34.3 Å². The van der Waals surface area contributed by atoms with Crippen molar-refractivity contribution in [3.8, 4) is 16.3 Å². The molecule has 0 aliphatic rings. The van der Waals surface area contributed by atoms with E-state index in [0.717, 1.165) is 49.5 Å². The van der Waals surface area contributed by atoms with Gasteiger partial charge in [-0.05, 0) is 47.7 Å². The molecule has 0 unspecified atom stereocenters. The first-order chi connectivity index (χ1) is 15.7. The van der Waals surface area contributed by atoms with E-state index < -0.39 is 0 Å². The highest BCUT2D eigenvalue weighted by Crippen LogP contribution is 2.32. The molecule has 0 amide bonds. The Hall–Kier alpha value is -2.86. The van der Waals surface area contributed by atoms with Crippen LogP contribution in [-0.2, 0) is 13.0 Å². The van der Waals surface area contributed by atoms with E-state index in [-0.39, 0.29) is 0 Å². The molecule has 5 aromatic rings. The summed E-state index contributed by atoms with van der Waals surface area (Å²) in [6.45, 7) is 0.824. The van der Waals surface area contributed by atoms with Crippen LogP contribution in [0, 0.1) is 0 Å². The van der Waals surface area contributed by atoms with E-state index in [4.69, 9.17) is 21.3 Å². The molecule has 0 spiro atoms. The first kappa shape index (κ1) is 21.0. The molecule has 2 aromatic heterocycles. The number of benzene rings is 3. The summed E-state index contributed by atoms with van der Waals surface area (Å²) in [6.07, 6.45) is 0.898. The molecule has 0 aliphatic carbocycles. The largest absolute Gasteiger partial charge is 0.497 e. The fraction of sp³-hybridized carbons (Fsp3) is 0.115. The highest BCUT2D eigenvalue weighted by Gasteiger charge is 2.11. The van der Waals surface area contributed by atoms with Gasteiger partial charge in [-0.15, -0.1) is 22.7 Å². The van der Waals surface area contributed by atoms with Gasteiger partial charge in [-0.3, -0.25) is 0 Å². The summed E-state index contributed by atoms with van der Waals surface area (Å²) < 4.78 is 8.39. The molecule has 6 heteroatoms. The average Bonchev–Trinajstić information content (AvgIpc) is 3.44. The first-order valence-electron chi connectivity index (χ1n) is 10.3. The minimum Gasteiger partial charge on any atom is -0.497 e. The molecule has 32 heavy (non-hydrogen) atoms. The third-order valence-electron chi connectivity index (χ3n) is 5.39. The Labute approximate surface area is 199 Å². The summed E-state index contributed by atoms with van der Waals surface area (Å²) in [6, 6.07) is 26.9. The SMILES string of the molecule is COc1ccc(CCn2c(-c3ccc(Cl)s3)csc2=Nc2cccc3ccccc23)cc1. The number of aryl methyl sites for hydroxylation is 1. The van der Waals surface area contributed by atoms with Gasteiger partial charge in [0.2, 0.25) is 0 Å². The van der Waals surface area contributed by atoms with E-state index >= 15 is 0 Å². The van der Waals surface area contributed by atoms with Crippen LogP contribution in [0.1, 0.15) is 5.56 Å². The van der Waals surface area contributed by atoms with Gasteiger partial charge >= 0.3 is 0 Å². The Balaban J connectivity index is 1.57. The standard InChI is InChI=1S/C26H21ClN2OS2/c1-30-20-11-9-18(10-12-20)15-16-29-23(24-13-14-25(27)32-24)17-31-26(29)28-22-8-4-6-19-5-2-3-7-21(19)22/h2-14,17H,15-16H2,1H3. The van der Waals surface area contributed by atoms with Crippen molar-refractivity contribution in [3.63, 3.8) is 0 Å². The number of hydrogen-bond donors (Lipinski definition) is 0. The molecule has 0 atom stereocenters. The Morgan fingerprint density at radius 1 is 0.938 bits per heavy atom. The topological polar surface area (TPSA) is 26.5 Å². The number of thiophene rings is 1. The third-order valence-corrected chi connectivity index (χ3v) is 7.51. The van der Waals surface area contributed by atoms with Crippen LogP contribution in [-0.4, -0.2) is 11.7 Å². The molecule has 0 bridgehead atoms. The Morgan fingerprint density at radius 3 is 2.53 bits per heavy atom. The van der Waals surface area contributed by atoms with Crippen molar-refractivity contribution in [1.82, 2.24) is 4.57 Å². The number of fused-ring (bicyclic) bond motifs is 1. The number of nitrogens with zero attached hydrogens (tertiary/aromatic N) is 2. The maximum Gasteiger partial charge on any atom is 0.190 e.